The third-order valence-electron chi connectivity index (χ3n) is 5.12. The maximum atomic E-state index is 13.1. The first-order valence-electron chi connectivity index (χ1n) is 8.57. The molecule has 0 aliphatic heterocycles. The number of H-pyrrole nitrogens is 1. The number of hydrogen-bond acceptors (Lipinski definition) is 3. The minimum atomic E-state index is -4.57. The van der Waals surface area contributed by atoms with E-state index in [2.05, 4.69) is 9.97 Å². The van der Waals surface area contributed by atoms with Crippen molar-refractivity contribution < 1.29 is 21.6 Å². The lowest BCUT2D eigenvalue weighted by molar-refractivity contribution is -0.144. The van der Waals surface area contributed by atoms with E-state index in [1.165, 1.54) is 12.3 Å². The molecule has 0 saturated heterocycles. The minimum Gasteiger partial charge on any atom is -0.337 e. The molecule has 1 aliphatic rings. The summed E-state index contributed by atoms with van der Waals surface area (Å²) in [5, 5.41) is 0. The van der Waals surface area contributed by atoms with Gasteiger partial charge in [0.1, 0.15) is 0 Å². The molecule has 1 fully saturated rings. The Labute approximate surface area is 150 Å². The van der Waals surface area contributed by atoms with Crippen LogP contribution in [0.4, 0.5) is 13.2 Å². The van der Waals surface area contributed by atoms with Gasteiger partial charge in [0.2, 0.25) is 5.82 Å². The van der Waals surface area contributed by atoms with Gasteiger partial charge in [-0.1, -0.05) is 43.9 Å². The molecule has 1 saturated carbocycles. The molecule has 0 amide bonds. The first-order valence-corrected chi connectivity index (χ1v) is 10.5. The smallest absolute Gasteiger partial charge is 0.337 e. The van der Waals surface area contributed by atoms with Crippen LogP contribution in [0, 0.1) is 0 Å². The summed E-state index contributed by atoms with van der Waals surface area (Å²) in [5.74, 6) is -1.05. The molecule has 0 bridgehead atoms. The monoisotopic (exact) mass is 386 g/mol. The summed E-state index contributed by atoms with van der Waals surface area (Å²) in [5.41, 5.74) is 0.0803. The maximum Gasteiger partial charge on any atom is 0.449 e. The molecule has 26 heavy (non-hydrogen) atoms. The van der Waals surface area contributed by atoms with Crippen molar-refractivity contribution in [1.82, 2.24) is 9.97 Å². The molecule has 3 rings (SSSR count). The number of sulfone groups is 1. The molecule has 142 valence electrons. The lowest BCUT2D eigenvalue weighted by Crippen LogP contribution is -2.30. The van der Waals surface area contributed by atoms with Crippen molar-refractivity contribution in [2.24, 2.45) is 0 Å². The summed E-state index contributed by atoms with van der Waals surface area (Å²) in [7, 11) is -3.52. The summed E-state index contributed by atoms with van der Waals surface area (Å²) in [6.07, 6.45) is 2.53. The first-order chi connectivity index (χ1) is 12.1. The van der Waals surface area contributed by atoms with Crippen molar-refractivity contribution in [2.75, 3.05) is 6.26 Å². The number of benzene rings is 1. The number of imidazole rings is 1. The Morgan fingerprint density at radius 3 is 2.23 bits per heavy atom. The summed E-state index contributed by atoms with van der Waals surface area (Å²) in [6.45, 7) is 0. The van der Waals surface area contributed by atoms with Gasteiger partial charge in [-0.2, -0.15) is 13.2 Å². The molecule has 0 spiro atoms. The van der Waals surface area contributed by atoms with Crippen LogP contribution in [0.25, 0.3) is 0 Å². The summed E-state index contributed by atoms with van der Waals surface area (Å²) < 4.78 is 63.8. The third kappa shape index (κ3) is 3.51. The molecule has 1 aliphatic carbocycles. The summed E-state index contributed by atoms with van der Waals surface area (Å²) in [6, 6.07) is 6.62. The van der Waals surface area contributed by atoms with Crippen LogP contribution in [0.15, 0.2) is 35.4 Å². The van der Waals surface area contributed by atoms with Crippen LogP contribution in [0.5, 0.6) is 0 Å². The second-order valence-electron chi connectivity index (χ2n) is 6.91. The van der Waals surface area contributed by atoms with E-state index in [0.29, 0.717) is 24.1 Å². The molecular weight excluding hydrogens is 365 g/mol. The van der Waals surface area contributed by atoms with Crippen LogP contribution in [0.1, 0.15) is 55.6 Å². The van der Waals surface area contributed by atoms with Gasteiger partial charge in [0.15, 0.2) is 9.84 Å². The quantitative estimate of drug-likeness (QED) is 0.792. The number of aromatic nitrogens is 2. The van der Waals surface area contributed by atoms with Gasteiger partial charge in [0.05, 0.1) is 4.90 Å². The Hall–Kier alpha value is -1.83. The lowest BCUT2D eigenvalue weighted by atomic mass is 9.72. The van der Waals surface area contributed by atoms with E-state index >= 15 is 0 Å². The van der Waals surface area contributed by atoms with Crippen molar-refractivity contribution >= 4 is 9.84 Å². The highest BCUT2D eigenvalue weighted by Crippen LogP contribution is 2.46. The number of nitrogens with one attached hydrogen (secondary N) is 1. The molecule has 1 aromatic heterocycles. The Morgan fingerprint density at radius 2 is 1.69 bits per heavy atom. The van der Waals surface area contributed by atoms with E-state index in [0.717, 1.165) is 31.9 Å². The maximum absolute atomic E-state index is 13.1. The molecule has 8 heteroatoms. The van der Waals surface area contributed by atoms with Gasteiger partial charge in [0, 0.05) is 23.6 Å². The second-order valence-corrected chi connectivity index (χ2v) is 8.89. The number of alkyl halides is 3. The van der Waals surface area contributed by atoms with Crippen molar-refractivity contribution in [2.45, 2.75) is 55.0 Å². The van der Waals surface area contributed by atoms with E-state index < -0.39 is 27.3 Å². The molecule has 2 aromatic rings. The molecule has 0 radical (unpaired) electrons. The Morgan fingerprint density at radius 1 is 1.08 bits per heavy atom. The van der Waals surface area contributed by atoms with Gasteiger partial charge >= 0.3 is 6.18 Å². The van der Waals surface area contributed by atoms with E-state index in [1.54, 1.807) is 18.2 Å². The first kappa shape index (κ1) is 18.9. The summed E-state index contributed by atoms with van der Waals surface area (Å²) in [4.78, 5) is 6.13. The molecule has 1 aromatic carbocycles. The average Bonchev–Trinajstić information content (AvgIpc) is 2.94. The SMILES string of the molecule is CS(=O)(=O)c1ccccc1C1(c2cnc(C(F)(F)F)[nH]2)CCCCCC1. The van der Waals surface area contributed by atoms with Gasteiger partial charge < -0.3 is 4.98 Å². The highest BCUT2D eigenvalue weighted by molar-refractivity contribution is 7.90. The van der Waals surface area contributed by atoms with Crippen molar-refractivity contribution in [1.29, 1.82) is 0 Å². The zero-order chi connectivity index (χ0) is 19.0. The Bertz CT molecular complexity index is 880. The van der Waals surface area contributed by atoms with Crippen LogP contribution in [-0.4, -0.2) is 24.6 Å². The zero-order valence-corrected chi connectivity index (χ0v) is 15.3. The lowest BCUT2D eigenvalue weighted by Gasteiger charge is -2.34. The van der Waals surface area contributed by atoms with Crippen LogP contribution in [0.3, 0.4) is 0 Å². The fourth-order valence-corrected chi connectivity index (χ4v) is 4.90. The molecule has 4 nitrogen and oxygen atoms in total. The van der Waals surface area contributed by atoms with Crippen LogP contribution >= 0.6 is 0 Å². The fraction of sp³-hybridized carbons (Fsp3) is 0.500. The molecule has 0 atom stereocenters. The molecule has 1 N–H and O–H groups in total. The van der Waals surface area contributed by atoms with Gasteiger partial charge in [-0.05, 0) is 24.5 Å². The Kier molecular flexibility index (Phi) is 4.90. The molecular formula is C18H21F3N2O2S. The number of halogens is 3. The number of hydrogen-bond donors (Lipinski definition) is 1. The van der Waals surface area contributed by atoms with Crippen molar-refractivity contribution in [3.8, 4) is 0 Å². The summed E-state index contributed by atoms with van der Waals surface area (Å²) >= 11 is 0. The number of nitrogens with zero attached hydrogens (tertiary/aromatic N) is 1. The van der Waals surface area contributed by atoms with Crippen molar-refractivity contribution in [3.05, 3.63) is 47.5 Å². The van der Waals surface area contributed by atoms with Gasteiger partial charge in [-0.25, -0.2) is 13.4 Å². The van der Waals surface area contributed by atoms with Crippen LogP contribution < -0.4 is 0 Å². The van der Waals surface area contributed by atoms with Crippen LogP contribution in [-0.2, 0) is 21.4 Å². The standard InChI is InChI=1S/C18H21F3N2O2S/c1-26(24,25)14-9-5-4-8-13(14)17(10-6-2-3-7-11-17)15-12-22-16(23-15)18(19,20)21/h4-5,8-9,12H,2-3,6-7,10-11H2,1H3,(H,22,23). The average molecular weight is 386 g/mol. The number of rotatable bonds is 3. The highest BCUT2D eigenvalue weighted by atomic mass is 32.2. The van der Waals surface area contributed by atoms with E-state index in [9.17, 15) is 21.6 Å². The van der Waals surface area contributed by atoms with Crippen LogP contribution in [0.2, 0.25) is 0 Å². The van der Waals surface area contributed by atoms with E-state index in [1.807, 2.05) is 0 Å². The van der Waals surface area contributed by atoms with E-state index in [-0.39, 0.29) is 4.90 Å². The third-order valence-corrected chi connectivity index (χ3v) is 6.27. The minimum absolute atomic E-state index is 0.171. The number of aromatic amines is 1. The Balaban J connectivity index is 2.23. The van der Waals surface area contributed by atoms with Gasteiger partial charge in [-0.3, -0.25) is 0 Å². The van der Waals surface area contributed by atoms with Crippen molar-refractivity contribution in [3.63, 3.8) is 0 Å². The molecule has 1 heterocycles. The second kappa shape index (κ2) is 6.72. The van der Waals surface area contributed by atoms with Gasteiger partial charge in [-0.15, -0.1) is 0 Å². The fourth-order valence-electron chi connectivity index (χ4n) is 3.91. The van der Waals surface area contributed by atoms with Gasteiger partial charge in [0.25, 0.3) is 0 Å². The topological polar surface area (TPSA) is 62.8 Å². The predicted octanol–water partition coefficient (Wildman–Crippen LogP) is 4.47. The zero-order valence-electron chi connectivity index (χ0n) is 14.4. The normalized spacial score (nSPS) is 18.5. The predicted molar refractivity (Wildman–Crippen MR) is 91.6 cm³/mol. The largest absolute Gasteiger partial charge is 0.449 e. The molecule has 0 unspecified atom stereocenters. The highest BCUT2D eigenvalue weighted by Gasteiger charge is 2.42. The van der Waals surface area contributed by atoms with E-state index in [4.69, 9.17) is 0 Å².